The number of aromatic nitrogens is 3. The van der Waals surface area contributed by atoms with Gasteiger partial charge in [0.25, 0.3) is 5.91 Å². The maximum atomic E-state index is 11.8. The van der Waals surface area contributed by atoms with Crippen LogP contribution in [0.5, 0.6) is 0 Å². The van der Waals surface area contributed by atoms with Gasteiger partial charge in [0.2, 0.25) is 0 Å². The van der Waals surface area contributed by atoms with Crippen LogP contribution < -0.4 is 5.73 Å². The summed E-state index contributed by atoms with van der Waals surface area (Å²) in [7, 11) is 0. The SMILES string of the molecule is Cc1ccc(-c2cc3c(Cc4ccccn4)nnc(C(N)=O)c3s2)cc1. The summed E-state index contributed by atoms with van der Waals surface area (Å²) in [4.78, 5) is 17.2. The molecule has 3 aromatic heterocycles. The minimum Gasteiger partial charge on any atom is -0.364 e. The number of carbonyl (C=O) groups is 1. The molecule has 0 aliphatic heterocycles. The lowest BCUT2D eigenvalue weighted by atomic mass is 10.1. The van der Waals surface area contributed by atoms with Crippen molar-refractivity contribution in [1.29, 1.82) is 0 Å². The summed E-state index contributed by atoms with van der Waals surface area (Å²) in [6.07, 6.45) is 2.30. The Kier molecular flexibility index (Phi) is 4.18. The van der Waals surface area contributed by atoms with E-state index in [1.165, 1.54) is 16.9 Å². The molecule has 0 spiro atoms. The van der Waals surface area contributed by atoms with E-state index in [-0.39, 0.29) is 5.69 Å². The van der Waals surface area contributed by atoms with Crippen LogP contribution in [0.15, 0.2) is 54.7 Å². The molecular weight excluding hydrogens is 344 g/mol. The first-order chi connectivity index (χ1) is 12.6. The molecule has 0 saturated heterocycles. The van der Waals surface area contributed by atoms with E-state index in [1.54, 1.807) is 6.20 Å². The number of thiophene rings is 1. The fourth-order valence-electron chi connectivity index (χ4n) is 2.82. The Morgan fingerprint density at radius 3 is 2.62 bits per heavy atom. The fraction of sp³-hybridized carbons (Fsp3) is 0.100. The largest absolute Gasteiger partial charge is 0.364 e. The predicted molar refractivity (Wildman–Crippen MR) is 103 cm³/mol. The molecule has 4 rings (SSSR count). The second kappa shape index (κ2) is 6.65. The number of primary amides is 1. The number of aryl methyl sites for hydroxylation is 1. The zero-order chi connectivity index (χ0) is 18.1. The number of nitrogens with zero attached hydrogens (tertiary/aromatic N) is 3. The van der Waals surface area contributed by atoms with E-state index in [2.05, 4.69) is 52.4 Å². The van der Waals surface area contributed by atoms with Crippen molar-refractivity contribution in [3.8, 4) is 10.4 Å². The van der Waals surface area contributed by atoms with Gasteiger partial charge in [0.1, 0.15) is 0 Å². The van der Waals surface area contributed by atoms with Crippen molar-refractivity contribution < 1.29 is 4.79 Å². The first kappa shape index (κ1) is 16.4. The molecule has 0 bridgehead atoms. The van der Waals surface area contributed by atoms with Crippen LogP contribution in [0.1, 0.15) is 27.4 Å². The van der Waals surface area contributed by atoms with Crippen molar-refractivity contribution >= 4 is 27.3 Å². The van der Waals surface area contributed by atoms with E-state index in [0.717, 1.165) is 31.9 Å². The molecule has 26 heavy (non-hydrogen) atoms. The van der Waals surface area contributed by atoms with Crippen LogP contribution in [0.25, 0.3) is 20.5 Å². The average molecular weight is 360 g/mol. The van der Waals surface area contributed by atoms with Crippen molar-refractivity contribution in [2.24, 2.45) is 5.73 Å². The van der Waals surface area contributed by atoms with E-state index in [1.807, 2.05) is 18.2 Å². The Labute approximate surface area is 154 Å². The first-order valence-electron chi connectivity index (χ1n) is 8.17. The number of hydrogen-bond acceptors (Lipinski definition) is 5. The van der Waals surface area contributed by atoms with Crippen LogP contribution in [0.3, 0.4) is 0 Å². The molecule has 1 aromatic carbocycles. The zero-order valence-corrected chi connectivity index (χ0v) is 15.0. The van der Waals surface area contributed by atoms with Crippen LogP contribution in [0, 0.1) is 6.92 Å². The molecule has 6 heteroatoms. The lowest BCUT2D eigenvalue weighted by Gasteiger charge is -2.03. The summed E-state index contributed by atoms with van der Waals surface area (Å²) in [5.74, 6) is -0.566. The number of pyridine rings is 1. The maximum Gasteiger partial charge on any atom is 0.270 e. The summed E-state index contributed by atoms with van der Waals surface area (Å²) in [6, 6.07) is 16.1. The van der Waals surface area contributed by atoms with E-state index < -0.39 is 5.91 Å². The molecule has 0 atom stereocenters. The molecule has 5 nitrogen and oxygen atoms in total. The summed E-state index contributed by atoms with van der Waals surface area (Å²) in [5, 5.41) is 9.24. The molecular formula is C20H16N4OS. The molecule has 0 fully saturated rings. The van der Waals surface area contributed by atoms with Crippen LogP contribution in [-0.4, -0.2) is 21.1 Å². The number of carbonyl (C=O) groups excluding carboxylic acids is 1. The van der Waals surface area contributed by atoms with E-state index in [0.29, 0.717) is 6.42 Å². The number of benzene rings is 1. The minimum atomic E-state index is -0.566. The van der Waals surface area contributed by atoms with Crippen molar-refractivity contribution in [2.75, 3.05) is 0 Å². The highest BCUT2D eigenvalue weighted by atomic mass is 32.1. The molecule has 4 aromatic rings. The van der Waals surface area contributed by atoms with Crippen molar-refractivity contribution in [2.45, 2.75) is 13.3 Å². The third-order valence-electron chi connectivity index (χ3n) is 4.17. The Balaban J connectivity index is 1.87. The van der Waals surface area contributed by atoms with E-state index >= 15 is 0 Å². The van der Waals surface area contributed by atoms with Gasteiger partial charge in [-0.05, 0) is 30.7 Å². The van der Waals surface area contributed by atoms with Gasteiger partial charge in [0, 0.05) is 28.6 Å². The fourth-order valence-corrected chi connectivity index (χ4v) is 3.99. The third-order valence-corrected chi connectivity index (χ3v) is 5.36. The molecule has 1 amide bonds. The lowest BCUT2D eigenvalue weighted by molar-refractivity contribution is 0.0996. The Bertz CT molecular complexity index is 1090. The molecule has 0 aliphatic carbocycles. The van der Waals surface area contributed by atoms with Crippen LogP contribution in [0.4, 0.5) is 0 Å². The maximum absolute atomic E-state index is 11.8. The molecule has 0 saturated carbocycles. The highest BCUT2D eigenvalue weighted by molar-refractivity contribution is 7.22. The second-order valence-electron chi connectivity index (χ2n) is 6.08. The smallest absolute Gasteiger partial charge is 0.270 e. The Morgan fingerprint density at radius 1 is 1.12 bits per heavy atom. The van der Waals surface area contributed by atoms with Crippen LogP contribution in [-0.2, 0) is 6.42 Å². The van der Waals surface area contributed by atoms with Crippen LogP contribution >= 0.6 is 11.3 Å². The van der Waals surface area contributed by atoms with Gasteiger partial charge in [0.15, 0.2) is 5.69 Å². The van der Waals surface area contributed by atoms with E-state index in [4.69, 9.17) is 5.73 Å². The Hall–Kier alpha value is -3.12. The van der Waals surface area contributed by atoms with Gasteiger partial charge in [-0.3, -0.25) is 9.78 Å². The molecule has 0 radical (unpaired) electrons. The van der Waals surface area contributed by atoms with E-state index in [9.17, 15) is 4.79 Å². The number of amides is 1. The number of rotatable bonds is 4. The van der Waals surface area contributed by atoms with Gasteiger partial charge in [0.05, 0.1) is 10.4 Å². The topological polar surface area (TPSA) is 81.8 Å². The molecule has 0 unspecified atom stereocenters. The average Bonchev–Trinajstić information content (AvgIpc) is 3.09. The van der Waals surface area contributed by atoms with Gasteiger partial charge in [-0.25, -0.2) is 0 Å². The lowest BCUT2D eigenvalue weighted by Crippen LogP contribution is -2.14. The van der Waals surface area contributed by atoms with Crippen molar-refractivity contribution in [1.82, 2.24) is 15.2 Å². The van der Waals surface area contributed by atoms with Gasteiger partial charge < -0.3 is 5.73 Å². The highest BCUT2D eigenvalue weighted by Crippen LogP contribution is 2.36. The highest BCUT2D eigenvalue weighted by Gasteiger charge is 2.18. The predicted octanol–water partition coefficient (Wildman–Crippen LogP) is 3.75. The molecule has 3 heterocycles. The molecule has 128 valence electrons. The monoisotopic (exact) mass is 360 g/mol. The van der Waals surface area contributed by atoms with Crippen molar-refractivity contribution in [3.63, 3.8) is 0 Å². The van der Waals surface area contributed by atoms with Gasteiger partial charge in [-0.1, -0.05) is 35.9 Å². The summed E-state index contributed by atoms with van der Waals surface area (Å²) in [5.41, 5.74) is 9.70. The minimum absolute atomic E-state index is 0.216. The molecule has 0 aliphatic rings. The van der Waals surface area contributed by atoms with Gasteiger partial charge >= 0.3 is 0 Å². The zero-order valence-electron chi connectivity index (χ0n) is 14.1. The standard InChI is InChI=1S/C20H16N4OS/c1-12-5-7-13(8-6-12)17-11-15-16(10-14-4-2-3-9-22-14)23-24-18(20(21)25)19(15)26-17/h2-9,11H,10H2,1H3,(H2,21,25). The normalized spacial score (nSPS) is 11.0. The summed E-state index contributed by atoms with van der Waals surface area (Å²) in [6.45, 7) is 2.05. The van der Waals surface area contributed by atoms with Crippen LogP contribution in [0.2, 0.25) is 0 Å². The quantitative estimate of drug-likeness (QED) is 0.601. The first-order valence-corrected chi connectivity index (χ1v) is 8.99. The summed E-state index contributed by atoms with van der Waals surface area (Å²) < 4.78 is 0.772. The van der Waals surface area contributed by atoms with Gasteiger partial charge in [-0.2, -0.15) is 5.10 Å². The number of nitrogens with two attached hydrogens (primary N) is 1. The summed E-state index contributed by atoms with van der Waals surface area (Å²) >= 11 is 1.51. The third kappa shape index (κ3) is 3.07. The number of hydrogen-bond donors (Lipinski definition) is 1. The van der Waals surface area contributed by atoms with Gasteiger partial charge in [-0.15, -0.1) is 16.4 Å². The number of fused-ring (bicyclic) bond motifs is 1. The molecule has 2 N–H and O–H groups in total. The Morgan fingerprint density at radius 2 is 1.92 bits per heavy atom. The second-order valence-corrected chi connectivity index (χ2v) is 7.13. The van der Waals surface area contributed by atoms with Crippen molar-refractivity contribution in [3.05, 3.63) is 77.4 Å².